The fourth-order valence-electron chi connectivity index (χ4n) is 2.32. The molecule has 94 valence electrons. The third-order valence-electron chi connectivity index (χ3n) is 3.28. The van der Waals surface area contributed by atoms with Crippen molar-refractivity contribution >= 4 is 0 Å². The number of hydrogen-bond acceptors (Lipinski definition) is 3. The van der Waals surface area contributed by atoms with Gasteiger partial charge in [0.1, 0.15) is 5.82 Å². The first-order valence-corrected chi connectivity index (χ1v) is 6.04. The molecule has 0 aliphatic carbocycles. The third kappa shape index (κ3) is 2.83. The van der Waals surface area contributed by atoms with Crippen molar-refractivity contribution in [1.82, 2.24) is 10.2 Å². The van der Waals surface area contributed by atoms with Gasteiger partial charge in [-0.15, -0.1) is 0 Å². The molecule has 1 aliphatic heterocycles. The number of nitrogens with zero attached hydrogens (tertiary/aromatic N) is 1. The molecule has 0 unspecified atom stereocenters. The molecule has 0 aromatic heterocycles. The van der Waals surface area contributed by atoms with Gasteiger partial charge in [-0.1, -0.05) is 17.7 Å². The van der Waals surface area contributed by atoms with Crippen LogP contribution in [0.15, 0.2) is 18.2 Å². The smallest absolute Gasteiger partial charge is 0.128 e. The Bertz CT molecular complexity index is 378. The van der Waals surface area contributed by atoms with Gasteiger partial charge in [-0.2, -0.15) is 0 Å². The van der Waals surface area contributed by atoms with E-state index < -0.39 is 0 Å². The zero-order valence-electron chi connectivity index (χ0n) is 10.1. The number of rotatable bonds is 3. The van der Waals surface area contributed by atoms with Crippen molar-refractivity contribution in [2.45, 2.75) is 13.0 Å². The molecule has 4 heteroatoms. The van der Waals surface area contributed by atoms with Gasteiger partial charge in [0.25, 0.3) is 0 Å². The van der Waals surface area contributed by atoms with E-state index in [0.717, 1.165) is 31.7 Å². The van der Waals surface area contributed by atoms with Gasteiger partial charge in [0.15, 0.2) is 0 Å². The summed E-state index contributed by atoms with van der Waals surface area (Å²) in [7, 11) is 0. The lowest BCUT2D eigenvalue weighted by Crippen LogP contribution is -2.46. The van der Waals surface area contributed by atoms with Crippen molar-refractivity contribution in [3.63, 3.8) is 0 Å². The van der Waals surface area contributed by atoms with E-state index in [2.05, 4.69) is 10.2 Å². The van der Waals surface area contributed by atoms with E-state index in [1.807, 2.05) is 13.0 Å². The zero-order chi connectivity index (χ0) is 12.3. The minimum Gasteiger partial charge on any atom is -0.394 e. The van der Waals surface area contributed by atoms with Crippen molar-refractivity contribution in [2.75, 3.05) is 32.8 Å². The molecular weight excluding hydrogens is 219 g/mol. The maximum Gasteiger partial charge on any atom is 0.128 e. The number of benzene rings is 1. The van der Waals surface area contributed by atoms with E-state index >= 15 is 0 Å². The lowest BCUT2D eigenvalue weighted by molar-refractivity contribution is 0.108. The van der Waals surface area contributed by atoms with Crippen LogP contribution >= 0.6 is 0 Å². The summed E-state index contributed by atoms with van der Waals surface area (Å²) in [5.74, 6) is -0.229. The zero-order valence-corrected chi connectivity index (χ0v) is 10.1. The monoisotopic (exact) mass is 238 g/mol. The van der Waals surface area contributed by atoms with E-state index in [1.165, 1.54) is 6.07 Å². The Hall–Kier alpha value is -0.970. The Kier molecular flexibility index (Phi) is 4.10. The van der Waals surface area contributed by atoms with Crippen LogP contribution in [-0.2, 0) is 0 Å². The fraction of sp³-hybridized carbons (Fsp3) is 0.538. The van der Waals surface area contributed by atoms with E-state index in [0.29, 0.717) is 5.56 Å². The topological polar surface area (TPSA) is 35.5 Å². The quantitative estimate of drug-likeness (QED) is 0.827. The predicted octanol–water partition coefficient (Wildman–Crippen LogP) is 1.07. The highest BCUT2D eigenvalue weighted by atomic mass is 19.1. The molecule has 1 atom stereocenters. The minimum absolute atomic E-state index is 0.0413. The lowest BCUT2D eigenvalue weighted by Gasteiger charge is -2.34. The number of nitrogens with one attached hydrogen (secondary N) is 1. The summed E-state index contributed by atoms with van der Waals surface area (Å²) >= 11 is 0. The Labute approximate surface area is 101 Å². The molecule has 1 aromatic carbocycles. The second-order valence-electron chi connectivity index (χ2n) is 4.51. The predicted molar refractivity (Wildman–Crippen MR) is 65.4 cm³/mol. The van der Waals surface area contributed by atoms with E-state index in [9.17, 15) is 9.50 Å². The van der Waals surface area contributed by atoms with Crippen LogP contribution in [0.3, 0.4) is 0 Å². The highest BCUT2D eigenvalue weighted by Gasteiger charge is 2.23. The molecule has 0 spiro atoms. The van der Waals surface area contributed by atoms with Crippen molar-refractivity contribution < 1.29 is 9.50 Å². The summed E-state index contributed by atoms with van der Waals surface area (Å²) < 4.78 is 13.8. The van der Waals surface area contributed by atoms with Gasteiger partial charge in [0.05, 0.1) is 12.6 Å². The van der Waals surface area contributed by atoms with Crippen molar-refractivity contribution in [3.05, 3.63) is 35.1 Å². The SMILES string of the molecule is Cc1ccc(F)c([C@H](CO)N2CCNCC2)c1. The second kappa shape index (κ2) is 5.58. The molecule has 1 aliphatic rings. The lowest BCUT2D eigenvalue weighted by atomic mass is 10.0. The van der Waals surface area contributed by atoms with Crippen LogP contribution < -0.4 is 5.32 Å². The number of piperazine rings is 1. The van der Waals surface area contributed by atoms with Gasteiger partial charge >= 0.3 is 0 Å². The average Bonchev–Trinajstić information content (AvgIpc) is 2.36. The summed E-state index contributed by atoms with van der Waals surface area (Å²) in [6, 6.07) is 4.84. The maximum absolute atomic E-state index is 13.8. The number of hydrogen-bond donors (Lipinski definition) is 2. The third-order valence-corrected chi connectivity index (χ3v) is 3.28. The average molecular weight is 238 g/mol. The second-order valence-corrected chi connectivity index (χ2v) is 4.51. The fourth-order valence-corrected chi connectivity index (χ4v) is 2.32. The Balaban J connectivity index is 2.24. The Morgan fingerprint density at radius 3 is 2.76 bits per heavy atom. The van der Waals surface area contributed by atoms with E-state index in [4.69, 9.17) is 0 Å². The molecule has 17 heavy (non-hydrogen) atoms. The van der Waals surface area contributed by atoms with Crippen LogP contribution in [0, 0.1) is 12.7 Å². The summed E-state index contributed by atoms with van der Waals surface area (Å²) in [5.41, 5.74) is 1.63. The first kappa shape index (κ1) is 12.5. The highest BCUT2D eigenvalue weighted by molar-refractivity contribution is 5.27. The summed E-state index contributed by atoms with van der Waals surface area (Å²) in [5, 5.41) is 12.8. The first-order chi connectivity index (χ1) is 8.22. The molecule has 1 aromatic rings. The van der Waals surface area contributed by atoms with Crippen LogP contribution in [-0.4, -0.2) is 42.8 Å². The van der Waals surface area contributed by atoms with E-state index in [1.54, 1.807) is 6.07 Å². The van der Waals surface area contributed by atoms with Crippen molar-refractivity contribution in [3.8, 4) is 0 Å². The van der Waals surface area contributed by atoms with Gasteiger partial charge in [0.2, 0.25) is 0 Å². The molecule has 3 nitrogen and oxygen atoms in total. The molecule has 0 radical (unpaired) electrons. The molecule has 1 saturated heterocycles. The van der Waals surface area contributed by atoms with Crippen LogP contribution in [0.5, 0.6) is 0 Å². The van der Waals surface area contributed by atoms with Gasteiger partial charge in [-0.05, 0) is 13.0 Å². The Morgan fingerprint density at radius 2 is 2.12 bits per heavy atom. The molecule has 2 rings (SSSR count). The van der Waals surface area contributed by atoms with E-state index in [-0.39, 0.29) is 18.5 Å². The normalized spacial score (nSPS) is 19.2. The van der Waals surface area contributed by atoms with Gasteiger partial charge in [0, 0.05) is 31.7 Å². The van der Waals surface area contributed by atoms with Crippen molar-refractivity contribution in [1.29, 1.82) is 0 Å². The largest absolute Gasteiger partial charge is 0.394 e. The van der Waals surface area contributed by atoms with Crippen LogP contribution in [0.4, 0.5) is 4.39 Å². The molecule has 2 N–H and O–H groups in total. The number of aliphatic hydroxyl groups is 1. The highest BCUT2D eigenvalue weighted by Crippen LogP contribution is 2.24. The number of aliphatic hydroxyl groups excluding tert-OH is 1. The standard InChI is InChI=1S/C13H19FN2O/c1-10-2-3-12(14)11(8-10)13(9-17)16-6-4-15-5-7-16/h2-3,8,13,15,17H,4-7,9H2,1H3/t13-/m0/s1. The molecule has 0 saturated carbocycles. The maximum atomic E-state index is 13.8. The molecule has 0 bridgehead atoms. The first-order valence-electron chi connectivity index (χ1n) is 6.04. The van der Waals surface area contributed by atoms with Crippen LogP contribution in [0.2, 0.25) is 0 Å². The molecule has 1 fully saturated rings. The van der Waals surface area contributed by atoms with Gasteiger partial charge in [-0.25, -0.2) is 4.39 Å². The number of aryl methyl sites for hydroxylation is 1. The molecule has 1 heterocycles. The minimum atomic E-state index is -0.229. The molecular formula is C13H19FN2O. The molecule has 0 amide bonds. The summed E-state index contributed by atoms with van der Waals surface area (Å²) in [6.07, 6.45) is 0. The van der Waals surface area contributed by atoms with Crippen LogP contribution in [0.25, 0.3) is 0 Å². The van der Waals surface area contributed by atoms with Gasteiger partial charge < -0.3 is 10.4 Å². The van der Waals surface area contributed by atoms with Gasteiger partial charge in [-0.3, -0.25) is 4.90 Å². The summed E-state index contributed by atoms with van der Waals surface area (Å²) in [4.78, 5) is 2.13. The van der Waals surface area contributed by atoms with Crippen molar-refractivity contribution in [2.24, 2.45) is 0 Å². The Morgan fingerprint density at radius 1 is 1.41 bits per heavy atom. The van der Waals surface area contributed by atoms with Crippen LogP contribution in [0.1, 0.15) is 17.2 Å². The summed E-state index contributed by atoms with van der Waals surface area (Å²) in [6.45, 7) is 5.38. The number of halogens is 1.